The highest BCUT2D eigenvalue weighted by molar-refractivity contribution is 7.89. The van der Waals surface area contributed by atoms with Crippen molar-refractivity contribution in [3.05, 3.63) is 11.6 Å². The third kappa shape index (κ3) is 5.38. The zero-order valence-electron chi connectivity index (χ0n) is 13.7. The van der Waals surface area contributed by atoms with Crippen molar-refractivity contribution < 1.29 is 8.42 Å². The first-order chi connectivity index (χ1) is 9.79. The van der Waals surface area contributed by atoms with Crippen molar-refractivity contribution in [3.8, 4) is 0 Å². The van der Waals surface area contributed by atoms with Crippen molar-refractivity contribution in [2.45, 2.75) is 58.9 Å². The molecule has 1 heterocycles. The molecule has 5 heteroatoms. The van der Waals surface area contributed by atoms with Gasteiger partial charge in [-0.2, -0.15) is 4.31 Å². The summed E-state index contributed by atoms with van der Waals surface area (Å²) in [6, 6.07) is 0.713. The maximum absolute atomic E-state index is 12.3. The van der Waals surface area contributed by atoms with Gasteiger partial charge in [0.15, 0.2) is 0 Å². The maximum Gasteiger partial charge on any atom is 0.214 e. The fourth-order valence-electron chi connectivity index (χ4n) is 2.72. The van der Waals surface area contributed by atoms with E-state index >= 15 is 0 Å². The van der Waals surface area contributed by atoms with Gasteiger partial charge in [0.25, 0.3) is 0 Å². The fraction of sp³-hybridized carbons (Fsp3) is 0.875. The molecule has 2 rings (SSSR count). The van der Waals surface area contributed by atoms with Crippen molar-refractivity contribution in [1.29, 1.82) is 0 Å². The zero-order chi connectivity index (χ0) is 15.5. The van der Waals surface area contributed by atoms with Crippen molar-refractivity contribution in [1.82, 2.24) is 9.62 Å². The van der Waals surface area contributed by atoms with Gasteiger partial charge < -0.3 is 5.32 Å². The van der Waals surface area contributed by atoms with Crippen LogP contribution in [0, 0.1) is 5.41 Å². The molecule has 0 saturated heterocycles. The highest BCUT2D eigenvalue weighted by Gasteiger charge is 2.27. The van der Waals surface area contributed by atoms with Gasteiger partial charge in [0.05, 0.1) is 5.75 Å². The highest BCUT2D eigenvalue weighted by Crippen LogP contribution is 2.30. The van der Waals surface area contributed by atoms with E-state index < -0.39 is 10.0 Å². The molecule has 1 aliphatic carbocycles. The third-order valence-electron chi connectivity index (χ3n) is 4.37. The second-order valence-corrected chi connectivity index (χ2v) is 9.43. The van der Waals surface area contributed by atoms with Crippen LogP contribution in [0.5, 0.6) is 0 Å². The summed E-state index contributed by atoms with van der Waals surface area (Å²) in [5, 5.41) is 3.43. The first kappa shape index (κ1) is 17.0. The van der Waals surface area contributed by atoms with E-state index in [0.29, 0.717) is 19.1 Å². The molecule has 0 aromatic rings. The molecule has 4 nitrogen and oxygen atoms in total. The Morgan fingerprint density at radius 2 is 2.00 bits per heavy atom. The van der Waals surface area contributed by atoms with E-state index in [2.05, 4.69) is 32.2 Å². The van der Waals surface area contributed by atoms with Crippen LogP contribution in [0.1, 0.15) is 52.9 Å². The van der Waals surface area contributed by atoms with Crippen molar-refractivity contribution in [2.75, 3.05) is 25.4 Å². The predicted octanol–water partition coefficient (Wildman–Crippen LogP) is 2.53. The lowest BCUT2D eigenvalue weighted by atomic mass is 9.83. The Balaban J connectivity index is 1.73. The zero-order valence-corrected chi connectivity index (χ0v) is 14.5. The number of hydrogen-bond donors (Lipinski definition) is 1. The first-order valence-electron chi connectivity index (χ1n) is 8.20. The van der Waals surface area contributed by atoms with Crippen LogP contribution in [-0.2, 0) is 10.0 Å². The molecule has 21 heavy (non-hydrogen) atoms. The second-order valence-electron chi connectivity index (χ2n) is 7.34. The number of sulfonamides is 1. The third-order valence-corrected chi connectivity index (χ3v) is 6.29. The summed E-state index contributed by atoms with van der Waals surface area (Å²) in [5.74, 6) is 0.290. The molecule has 0 unspecified atom stereocenters. The van der Waals surface area contributed by atoms with E-state index in [1.54, 1.807) is 4.31 Å². The molecule has 1 saturated carbocycles. The number of hydrogen-bond acceptors (Lipinski definition) is 3. The quantitative estimate of drug-likeness (QED) is 0.580. The molecule has 0 amide bonds. The normalized spacial score (nSPS) is 21.4. The van der Waals surface area contributed by atoms with E-state index in [9.17, 15) is 8.42 Å². The summed E-state index contributed by atoms with van der Waals surface area (Å²) in [5.41, 5.74) is 1.53. The van der Waals surface area contributed by atoms with Crippen molar-refractivity contribution in [2.24, 2.45) is 5.41 Å². The Bertz CT molecular complexity index is 473. The topological polar surface area (TPSA) is 49.4 Å². The van der Waals surface area contributed by atoms with E-state index in [0.717, 1.165) is 25.8 Å². The fourth-order valence-corrected chi connectivity index (χ4v) is 4.21. The van der Waals surface area contributed by atoms with Crippen LogP contribution >= 0.6 is 0 Å². The van der Waals surface area contributed by atoms with Gasteiger partial charge in [-0.15, -0.1) is 0 Å². The van der Waals surface area contributed by atoms with Crippen LogP contribution < -0.4 is 5.32 Å². The van der Waals surface area contributed by atoms with Gasteiger partial charge in [-0.05, 0) is 44.1 Å². The van der Waals surface area contributed by atoms with Gasteiger partial charge in [-0.3, -0.25) is 0 Å². The van der Waals surface area contributed by atoms with Gasteiger partial charge >= 0.3 is 0 Å². The molecule has 0 aromatic heterocycles. The van der Waals surface area contributed by atoms with Crippen molar-refractivity contribution in [3.63, 3.8) is 0 Å². The molecule has 0 aromatic carbocycles. The highest BCUT2D eigenvalue weighted by atomic mass is 32.2. The summed E-state index contributed by atoms with van der Waals surface area (Å²) < 4.78 is 26.3. The average molecular weight is 314 g/mol. The minimum atomic E-state index is -3.08. The average Bonchev–Trinajstić information content (AvgIpc) is 3.21. The summed E-state index contributed by atoms with van der Waals surface area (Å²) in [6.45, 7) is 8.72. The molecular formula is C16H30N2O2S. The van der Waals surface area contributed by atoms with Gasteiger partial charge in [0.1, 0.15) is 0 Å². The molecule has 122 valence electrons. The Morgan fingerprint density at radius 3 is 2.52 bits per heavy atom. The molecule has 1 fully saturated rings. The lowest BCUT2D eigenvalue weighted by molar-refractivity contribution is 0.389. The Hall–Kier alpha value is -0.390. The van der Waals surface area contributed by atoms with E-state index in [1.807, 2.05) is 0 Å². The van der Waals surface area contributed by atoms with Crippen LogP contribution in [0.4, 0.5) is 0 Å². The molecule has 0 spiro atoms. The van der Waals surface area contributed by atoms with Crippen molar-refractivity contribution >= 4 is 10.0 Å². The van der Waals surface area contributed by atoms with Crippen LogP contribution in [0.25, 0.3) is 0 Å². The van der Waals surface area contributed by atoms with Crippen LogP contribution in [0.3, 0.4) is 0 Å². The summed E-state index contributed by atoms with van der Waals surface area (Å²) in [6.07, 6.45) is 7.26. The summed E-state index contributed by atoms with van der Waals surface area (Å²) in [4.78, 5) is 0. The Morgan fingerprint density at radius 1 is 1.29 bits per heavy atom. The molecule has 1 N–H and O–H groups in total. The second kappa shape index (κ2) is 6.80. The largest absolute Gasteiger partial charge is 0.314 e. The minimum Gasteiger partial charge on any atom is -0.314 e. The van der Waals surface area contributed by atoms with Gasteiger partial charge in [-0.1, -0.05) is 32.4 Å². The van der Waals surface area contributed by atoms with E-state index in [1.165, 1.54) is 18.4 Å². The lowest BCUT2D eigenvalue weighted by Gasteiger charge is -2.31. The van der Waals surface area contributed by atoms with E-state index in [4.69, 9.17) is 0 Å². The SMILES string of the molecule is CC(C)(C)C1=CCN(S(=O)(=O)CCCCNC2CC2)CC1. The first-order valence-corrected chi connectivity index (χ1v) is 9.81. The minimum absolute atomic E-state index is 0.157. The predicted molar refractivity (Wildman–Crippen MR) is 87.8 cm³/mol. The van der Waals surface area contributed by atoms with Gasteiger partial charge in [-0.25, -0.2) is 8.42 Å². The number of rotatable bonds is 7. The van der Waals surface area contributed by atoms with Crippen LogP contribution in [0.15, 0.2) is 11.6 Å². The summed E-state index contributed by atoms with van der Waals surface area (Å²) in [7, 11) is -3.08. The molecule has 0 atom stereocenters. The molecule has 2 aliphatic rings. The Kier molecular flexibility index (Phi) is 5.49. The smallest absolute Gasteiger partial charge is 0.214 e. The number of nitrogens with zero attached hydrogens (tertiary/aromatic N) is 1. The van der Waals surface area contributed by atoms with E-state index in [-0.39, 0.29) is 11.2 Å². The maximum atomic E-state index is 12.3. The number of unbranched alkanes of at least 4 members (excludes halogenated alkanes) is 1. The van der Waals surface area contributed by atoms with Gasteiger partial charge in [0, 0.05) is 19.1 Å². The summed E-state index contributed by atoms with van der Waals surface area (Å²) >= 11 is 0. The van der Waals surface area contributed by atoms with Crippen LogP contribution in [0.2, 0.25) is 0 Å². The number of nitrogens with one attached hydrogen (secondary N) is 1. The molecule has 0 radical (unpaired) electrons. The molecular weight excluding hydrogens is 284 g/mol. The Labute approximate surface area is 130 Å². The molecule has 1 aliphatic heterocycles. The van der Waals surface area contributed by atoms with Crippen LogP contribution in [-0.4, -0.2) is 44.2 Å². The monoisotopic (exact) mass is 314 g/mol. The standard InChI is InChI=1S/C16H30N2O2S/c1-16(2,3)14-8-11-18(12-9-14)21(19,20)13-5-4-10-17-15-6-7-15/h8,15,17H,4-7,9-13H2,1-3H3. The molecule has 0 bridgehead atoms. The van der Waals surface area contributed by atoms with Gasteiger partial charge in [0.2, 0.25) is 10.0 Å². The lowest BCUT2D eigenvalue weighted by Crippen LogP contribution is -2.37.